The van der Waals surface area contributed by atoms with E-state index in [1.165, 1.54) is 0 Å². The lowest BCUT2D eigenvalue weighted by Crippen LogP contribution is -2.21. The summed E-state index contributed by atoms with van der Waals surface area (Å²) in [6.07, 6.45) is 0.881. The van der Waals surface area contributed by atoms with Gasteiger partial charge in [0.2, 0.25) is 0 Å². The highest BCUT2D eigenvalue weighted by atomic mass is 16.5. The van der Waals surface area contributed by atoms with Crippen molar-refractivity contribution in [2.45, 2.75) is 39.5 Å². The average Bonchev–Trinajstić information content (AvgIpc) is 2.87. The van der Waals surface area contributed by atoms with Crippen molar-refractivity contribution in [1.82, 2.24) is 5.32 Å². The molecule has 1 aromatic rings. The van der Waals surface area contributed by atoms with Crippen LogP contribution >= 0.6 is 0 Å². The molecule has 0 unspecified atom stereocenters. The minimum absolute atomic E-state index is 0.456. The van der Waals surface area contributed by atoms with Crippen LogP contribution in [-0.2, 0) is 27.4 Å². The van der Waals surface area contributed by atoms with Crippen molar-refractivity contribution in [1.29, 1.82) is 0 Å². The SMILES string of the molecule is COCCOCCCOCc1ccc(CNC(C)C)o1. The first-order valence-corrected chi connectivity index (χ1v) is 7.17. The fraction of sp³-hybridized carbons (Fsp3) is 0.733. The predicted molar refractivity (Wildman–Crippen MR) is 77.7 cm³/mol. The Kier molecular flexibility index (Phi) is 9.32. The van der Waals surface area contributed by atoms with Crippen LogP contribution in [0.1, 0.15) is 31.8 Å². The molecule has 0 atom stereocenters. The van der Waals surface area contributed by atoms with E-state index in [1.54, 1.807) is 7.11 Å². The van der Waals surface area contributed by atoms with E-state index in [-0.39, 0.29) is 0 Å². The molecule has 116 valence electrons. The maximum Gasteiger partial charge on any atom is 0.129 e. The average molecular weight is 285 g/mol. The summed E-state index contributed by atoms with van der Waals surface area (Å²) >= 11 is 0. The molecule has 1 aromatic heterocycles. The van der Waals surface area contributed by atoms with Crippen LogP contribution in [0.15, 0.2) is 16.5 Å². The minimum Gasteiger partial charge on any atom is -0.462 e. The Morgan fingerprint density at radius 3 is 2.55 bits per heavy atom. The Morgan fingerprint density at radius 2 is 1.80 bits per heavy atom. The molecule has 5 heteroatoms. The number of hydrogen-bond donors (Lipinski definition) is 1. The highest BCUT2D eigenvalue weighted by molar-refractivity contribution is 5.06. The predicted octanol–water partition coefficient (Wildman–Crippen LogP) is 2.35. The largest absolute Gasteiger partial charge is 0.462 e. The summed E-state index contributed by atoms with van der Waals surface area (Å²) in [5, 5.41) is 3.31. The van der Waals surface area contributed by atoms with Crippen LogP contribution in [0.2, 0.25) is 0 Å². The van der Waals surface area contributed by atoms with E-state index < -0.39 is 0 Å². The number of nitrogens with one attached hydrogen (secondary N) is 1. The Hall–Kier alpha value is -0.880. The Morgan fingerprint density at radius 1 is 1.05 bits per heavy atom. The van der Waals surface area contributed by atoms with Gasteiger partial charge in [0.15, 0.2) is 0 Å². The molecular formula is C15H27NO4. The van der Waals surface area contributed by atoms with Crippen LogP contribution in [0.3, 0.4) is 0 Å². The summed E-state index contributed by atoms with van der Waals surface area (Å²) in [5.74, 6) is 1.81. The summed E-state index contributed by atoms with van der Waals surface area (Å²) in [6.45, 7) is 8.15. The van der Waals surface area contributed by atoms with Gasteiger partial charge in [-0.15, -0.1) is 0 Å². The van der Waals surface area contributed by atoms with Crippen molar-refractivity contribution in [3.05, 3.63) is 23.7 Å². The van der Waals surface area contributed by atoms with Gasteiger partial charge in [-0.3, -0.25) is 0 Å². The number of furan rings is 1. The minimum atomic E-state index is 0.456. The summed E-state index contributed by atoms with van der Waals surface area (Å²) in [7, 11) is 1.67. The van der Waals surface area contributed by atoms with E-state index in [9.17, 15) is 0 Å². The second-order valence-electron chi connectivity index (χ2n) is 4.91. The Balaban J connectivity index is 2.01. The van der Waals surface area contributed by atoms with E-state index in [1.807, 2.05) is 12.1 Å². The first kappa shape index (κ1) is 17.2. The molecule has 1 N–H and O–H groups in total. The van der Waals surface area contributed by atoms with Gasteiger partial charge in [-0.25, -0.2) is 0 Å². The second kappa shape index (κ2) is 10.9. The fourth-order valence-electron chi connectivity index (χ4n) is 1.58. The molecule has 1 rings (SSSR count). The molecule has 0 radical (unpaired) electrons. The molecule has 0 aromatic carbocycles. The van der Waals surface area contributed by atoms with E-state index in [0.29, 0.717) is 39.1 Å². The Bertz CT molecular complexity index is 338. The molecule has 1 heterocycles. The molecule has 0 amide bonds. The van der Waals surface area contributed by atoms with Crippen molar-refractivity contribution in [3.63, 3.8) is 0 Å². The molecule has 0 saturated carbocycles. The summed E-state index contributed by atoms with van der Waals surface area (Å²) in [5.41, 5.74) is 0. The zero-order valence-electron chi connectivity index (χ0n) is 12.8. The van der Waals surface area contributed by atoms with Gasteiger partial charge in [0.05, 0.1) is 19.8 Å². The molecule has 0 bridgehead atoms. The molecule has 5 nitrogen and oxygen atoms in total. The van der Waals surface area contributed by atoms with Crippen LogP contribution in [-0.4, -0.2) is 39.6 Å². The third-order valence-corrected chi connectivity index (χ3v) is 2.66. The van der Waals surface area contributed by atoms with Gasteiger partial charge in [0.1, 0.15) is 18.1 Å². The Labute approximate surface area is 121 Å². The number of ether oxygens (including phenoxy) is 3. The highest BCUT2D eigenvalue weighted by Crippen LogP contribution is 2.09. The zero-order valence-corrected chi connectivity index (χ0v) is 12.8. The molecule has 0 spiro atoms. The molecule has 20 heavy (non-hydrogen) atoms. The van der Waals surface area contributed by atoms with Gasteiger partial charge in [-0.2, -0.15) is 0 Å². The highest BCUT2D eigenvalue weighted by Gasteiger charge is 2.03. The van der Waals surface area contributed by atoms with E-state index in [4.69, 9.17) is 18.6 Å². The maximum absolute atomic E-state index is 5.66. The van der Waals surface area contributed by atoms with Crippen molar-refractivity contribution < 1.29 is 18.6 Å². The molecule has 0 aliphatic carbocycles. The third-order valence-electron chi connectivity index (χ3n) is 2.66. The molecule has 0 fully saturated rings. The van der Waals surface area contributed by atoms with Crippen molar-refractivity contribution in [3.8, 4) is 0 Å². The topological polar surface area (TPSA) is 52.9 Å². The standard InChI is InChI=1S/C15H27NO4/c1-13(2)16-11-14-5-6-15(20-14)12-19-8-4-7-18-10-9-17-3/h5-6,13,16H,4,7-12H2,1-3H3. The lowest BCUT2D eigenvalue weighted by atomic mass is 10.3. The van der Waals surface area contributed by atoms with Crippen LogP contribution in [0.5, 0.6) is 0 Å². The fourth-order valence-corrected chi connectivity index (χ4v) is 1.58. The zero-order chi connectivity index (χ0) is 14.6. The molecule has 0 aliphatic heterocycles. The summed E-state index contributed by atoms with van der Waals surface area (Å²) < 4.78 is 21.4. The van der Waals surface area contributed by atoms with Crippen molar-refractivity contribution in [2.24, 2.45) is 0 Å². The van der Waals surface area contributed by atoms with Gasteiger partial charge in [0, 0.05) is 26.4 Å². The van der Waals surface area contributed by atoms with Crippen molar-refractivity contribution >= 4 is 0 Å². The quantitative estimate of drug-likeness (QED) is 0.597. The van der Waals surface area contributed by atoms with Gasteiger partial charge in [-0.05, 0) is 18.6 Å². The van der Waals surface area contributed by atoms with Crippen LogP contribution in [0.25, 0.3) is 0 Å². The van der Waals surface area contributed by atoms with Crippen LogP contribution in [0, 0.1) is 0 Å². The first-order valence-electron chi connectivity index (χ1n) is 7.17. The van der Waals surface area contributed by atoms with E-state index in [2.05, 4.69) is 19.2 Å². The third kappa shape index (κ3) is 8.32. The maximum atomic E-state index is 5.66. The van der Waals surface area contributed by atoms with Gasteiger partial charge < -0.3 is 23.9 Å². The monoisotopic (exact) mass is 285 g/mol. The van der Waals surface area contributed by atoms with Crippen LogP contribution < -0.4 is 5.32 Å². The smallest absolute Gasteiger partial charge is 0.129 e. The first-order chi connectivity index (χ1) is 9.72. The van der Waals surface area contributed by atoms with Gasteiger partial charge in [-0.1, -0.05) is 13.8 Å². The molecule has 0 aliphatic rings. The summed E-state index contributed by atoms with van der Waals surface area (Å²) in [6, 6.07) is 4.41. The van der Waals surface area contributed by atoms with Gasteiger partial charge >= 0.3 is 0 Å². The van der Waals surface area contributed by atoms with Gasteiger partial charge in [0.25, 0.3) is 0 Å². The van der Waals surface area contributed by atoms with Crippen molar-refractivity contribution in [2.75, 3.05) is 33.5 Å². The lowest BCUT2D eigenvalue weighted by molar-refractivity contribution is 0.0451. The molecule has 0 saturated heterocycles. The summed E-state index contributed by atoms with van der Waals surface area (Å²) in [4.78, 5) is 0. The second-order valence-corrected chi connectivity index (χ2v) is 4.91. The number of rotatable bonds is 12. The lowest BCUT2D eigenvalue weighted by Gasteiger charge is -2.05. The normalized spacial score (nSPS) is 11.4. The van der Waals surface area contributed by atoms with E-state index >= 15 is 0 Å². The number of methoxy groups -OCH3 is 1. The molecular weight excluding hydrogens is 258 g/mol. The van der Waals surface area contributed by atoms with Crippen LogP contribution in [0.4, 0.5) is 0 Å². The number of hydrogen-bond acceptors (Lipinski definition) is 5. The van der Waals surface area contributed by atoms with E-state index in [0.717, 1.165) is 24.5 Å².